The summed E-state index contributed by atoms with van der Waals surface area (Å²) < 4.78 is 43.0. The Morgan fingerprint density at radius 3 is 2.59 bits per heavy atom. The number of hydrogen-bond donors (Lipinski definition) is 1. The second-order valence-corrected chi connectivity index (χ2v) is 6.17. The Morgan fingerprint density at radius 1 is 1.26 bits per heavy atom. The average Bonchev–Trinajstić information content (AvgIpc) is 2.64. The van der Waals surface area contributed by atoms with Gasteiger partial charge >= 0.3 is 6.18 Å². The van der Waals surface area contributed by atoms with Crippen molar-refractivity contribution in [2.45, 2.75) is 25.9 Å². The van der Waals surface area contributed by atoms with Gasteiger partial charge in [-0.3, -0.25) is 9.59 Å². The number of amides is 2. The number of benzene rings is 1. The number of alkyl halides is 3. The zero-order chi connectivity index (χ0) is 19.9. The Balaban J connectivity index is 1.69. The van der Waals surface area contributed by atoms with Crippen molar-refractivity contribution in [2.24, 2.45) is 5.92 Å². The molecule has 0 aliphatic carbocycles. The molecule has 1 fully saturated rings. The van der Waals surface area contributed by atoms with Gasteiger partial charge in [0.05, 0.1) is 12.1 Å². The first-order valence-electron chi connectivity index (χ1n) is 8.56. The molecule has 0 radical (unpaired) electrons. The Labute approximate surface area is 155 Å². The van der Waals surface area contributed by atoms with Crippen molar-refractivity contribution < 1.29 is 27.5 Å². The van der Waals surface area contributed by atoms with Gasteiger partial charge in [0.15, 0.2) is 0 Å². The van der Waals surface area contributed by atoms with Gasteiger partial charge in [0.1, 0.15) is 12.4 Å². The van der Waals surface area contributed by atoms with Crippen molar-refractivity contribution in [3.05, 3.63) is 29.8 Å². The minimum absolute atomic E-state index is 0.0143. The Kier molecular flexibility index (Phi) is 7.11. The first kappa shape index (κ1) is 20.6. The highest BCUT2D eigenvalue weighted by molar-refractivity contribution is 5.79. The maximum Gasteiger partial charge on any atom is 0.416 e. The molecule has 0 spiro atoms. The number of nitrogens with zero attached hydrogens (tertiary/aromatic N) is 1. The standard InChI is InChI=1S/C19H21F3N2O3/c1-14(25)24-10-7-15(8-11-24)18(26)23-9-2-3-12-27-17-6-4-5-16(13-17)19(20,21)22/h4-6,13,15H,7-12H2,1H3,(H,23,26). The number of ether oxygens (including phenoxy) is 1. The normalized spacial score (nSPS) is 14.9. The second-order valence-electron chi connectivity index (χ2n) is 6.17. The highest BCUT2D eigenvalue weighted by atomic mass is 19.4. The lowest BCUT2D eigenvalue weighted by Crippen LogP contribution is -2.42. The molecule has 1 aliphatic rings. The summed E-state index contributed by atoms with van der Waals surface area (Å²) >= 11 is 0. The topological polar surface area (TPSA) is 58.6 Å². The van der Waals surface area contributed by atoms with E-state index in [4.69, 9.17) is 4.74 Å². The molecule has 8 heteroatoms. The van der Waals surface area contributed by atoms with E-state index >= 15 is 0 Å². The maximum atomic E-state index is 12.6. The lowest BCUT2D eigenvalue weighted by Gasteiger charge is -2.30. The molecule has 1 aromatic carbocycles. The van der Waals surface area contributed by atoms with E-state index in [1.165, 1.54) is 19.1 Å². The van der Waals surface area contributed by atoms with E-state index in [-0.39, 0.29) is 36.6 Å². The number of carbonyl (C=O) groups is 2. The summed E-state index contributed by atoms with van der Waals surface area (Å²) in [5.41, 5.74) is -0.781. The summed E-state index contributed by atoms with van der Waals surface area (Å²) in [5, 5.41) is 2.70. The van der Waals surface area contributed by atoms with Gasteiger partial charge < -0.3 is 15.0 Å². The van der Waals surface area contributed by atoms with Crippen molar-refractivity contribution in [1.82, 2.24) is 10.2 Å². The van der Waals surface area contributed by atoms with Crippen LogP contribution in [-0.2, 0) is 15.8 Å². The monoisotopic (exact) mass is 382 g/mol. The molecule has 0 saturated carbocycles. The molecule has 2 amide bonds. The molecule has 1 saturated heterocycles. The molecule has 27 heavy (non-hydrogen) atoms. The van der Waals surface area contributed by atoms with Crippen LogP contribution in [0.25, 0.3) is 0 Å². The van der Waals surface area contributed by atoms with Gasteiger partial charge in [0.2, 0.25) is 11.8 Å². The number of halogens is 3. The van der Waals surface area contributed by atoms with Crippen LogP contribution in [0.5, 0.6) is 5.75 Å². The molecule has 2 rings (SSSR count). The second kappa shape index (κ2) is 9.31. The average molecular weight is 382 g/mol. The highest BCUT2D eigenvalue weighted by Gasteiger charge is 2.30. The Bertz CT molecular complexity index is 730. The van der Waals surface area contributed by atoms with Crippen LogP contribution in [0.2, 0.25) is 0 Å². The molecule has 0 atom stereocenters. The summed E-state index contributed by atoms with van der Waals surface area (Å²) in [7, 11) is 0. The third kappa shape index (κ3) is 6.51. The van der Waals surface area contributed by atoms with Crippen LogP contribution in [0.4, 0.5) is 13.2 Å². The number of nitrogens with one attached hydrogen (secondary N) is 1. The first-order valence-corrected chi connectivity index (χ1v) is 8.56. The van der Waals surface area contributed by atoms with Crippen LogP contribution in [0.1, 0.15) is 25.3 Å². The molecule has 5 nitrogen and oxygen atoms in total. The van der Waals surface area contributed by atoms with Gasteiger partial charge in [0.25, 0.3) is 0 Å². The van der Waals surface area contributed by atoms with E-state index < -0.39 is 11.7 Å². The largest absolute Gasteiger partial charge is 0.481 e. The van der Waals surface area contributed by atoms with Crippen LogP contribution >= 0.6 is 0 Å². The van der Waals surface area contributed by atoms with Crippen LogP contribution in [0.3, 0.4) is 0 Å². The lowest BCUT2D eigenvalue weighted by atomic mass is 9.96. The summed E-state index contributed by atoms with van der Waals surface area (Å²) in [5.74, 6) is 5.21. The predicted octanol–water partition coefficient (Wildman–Crippen LogP) is 2.46. The fourth-order valence-electron chi connectivity index (χ4n) is 2.73. The molecule has 1 N–H and O–H groups in total. The highest BCUT2D eigenvalue weighted by Crippen LogP contribution is 2.31. The number of carbonyl (C=O) groups excluding carboxylic acids is 2. The minimum atomic E-state index is -4.42. The lowest BCUT2D eigenvalue weighted by molar-refractivity contribution is -0.137. The fraction of sp³-hybridized carbons (Fsp3) is 0.474. The van der Waals surface area contributed by atoms with E-state index in [1.807, 2.05) is 0 Å². The quantitative estimate of drug-likeness (QED) is 0.814. The smallest absolute Gasteiger partial charge is 0.416 e. The van der Waals surface area contributed by atoms with E-state index in [0.717, 1.165) is 12.1 Å². The van der Waals surface area contributed by atoms with Crippen LogP contribution in [0, 0.1) is 17.8 Å². The van der Waals surface area contributed by atoms with Gasteiger partial charge in [-0.05, 0) is 31.0 Å². The minimum Gasteiger partial charge on any atom is -0.481 e. The van der Waals surface area contributed by atoms with E-state index in [0.29, 0.717) is 25.9 Å². The van der Waals surface area contributed by atoms with Gasteiger partial charge in [-0.2, -0.15) is 13.2 Å². The van der Waals surface area contributed by atoms with Crippen molar-refractivity contribution in [1.29, 1.82) is 0 Å². The third-order valence-electron chi connectivity index (χ3n) is 4.26. The molecule has 1 aromatic rings. The van der Waals surface area contributed by atoms with Crippen molar-refractivity contribution in [2.75, 3.05) is 26.2 Å². The number of rotatable bonds is 4. The molecule has 146 valence electrons. The van der Waals surface area contributed by atoms with Crippen LogP contribution in [-0.4, -0.2) is 43.0 Å². The zero-order valence-corrected chi connectivity index (χ0v) is 14.9. The number of piperidine rings is 1. The van der Waals surface area contributed by atoms with Crippen LogP contribution < -0.4 is 10.1 Å². The number of likely N-dealkylation sites (tertiary alicyclic amines) is 1. The molecular formula is C19H21F3N2O3. The van der Waals surface area contributed by atoms with Crippen molar-refractivity contribution in [3.8, 4) is 17.6 Å². The molecule has 0 aromatic heterocycles. The molecule has 1 aliphatic heterocycles. The first-order chi connectivity index (χ1) is 12.8. The van der Waals surface area contributed by atoms with E-state index in [1.54, 1.807) is 4.90 Å². The predicted molar refractivity (Wildman–Crippen MR) is 92.7 cm³/mol. The van der Waals surface area contributed by atoms with Crippen molar-refractivity contribution in [3.63, 3.8) is 0 Å². The SMILES string of the molecule is CC(=O)N1CCC(C(=O)NCC#CCOc2cccc(C(F)(F)F)c2)CC1. The van der Waals surface area contributed by atoms with Crippen molar-refractivity contribution >= 4 is 11.8 Å². The molecule has 1 heterocycles. The van der Waals surface area contributed by atoms with Gasteiger partial charge in [-0.1, -0.05) is 17.9 Å². The molecule has 0 bridgehead atoms. The summed E-state index contributed by atoms with van der Waals surface area (Å²) in [6, 6.07) is 4.57. The van der Waals surface area contributed by atoms with Gasteiger partial charge in [-0.15, -0.1) is 0 Å². The molecular weight excluding hydrogens is 361 g/mol. The Morgan fingerprint density at radius 2 is 1.96 bits per heavy atom. The number of hydrogen-bond acceptors (Lipinski definition) is 3. The Hall–Kier alpha value is -2.69. The maximum absolute atomic E-state index is 12.6. The van der Waals surface area contributed by atoms with E-state index in [9.17, 15) is 22.8 Å². The van der Waals surface area contributed by atoms with E-state index in [2.05, 4.69) is 17.2 Å². The van der Waals surface area contributed by atoms with Crippen LogP contribution in [0.15, 0.2) is 24.3 Å². The third-order valence-corrected chi connectivity index (χ3v) is 4.26. The van der Waals surface area contributed by atoms with Gasteiger partial charge in [-0.25, -0.2) is 0 Å². The molecule has 0 unspecified atom stereocenters. The summed E-state index contributed by atoms with van der Waals surface area (Å²) in [6.45, 7) is 2.72. The fourth-order valence-corrected chi connectivity index (χ4v) is 2.73. The zero-order valence-electron chi connectivity index (χ0n) is 14.9. The summed E-state index contributed by atoms with van der Waals surface area (Å²) in [6.07, 6.45) is -3.18. The van der Waals surface area contributed by atoms with Gasteiger partial charge in [0, 0.05) is 25.9 Å². The summed E-state index contributed by atoms with van der Waals surface area (Å²) in [4.78, 5) is 25.0.